The van der Waals surface area contributed by atoms with Gasteiger partial charge in [-0.05, 0) is 64.5 Å². The lowest BCUT2D eigenvalue weighted by atomic mass is 9.81. The van der Waals surface area contributed by atoms with Crippen molar-refractivity contribution in [2.24, 2.45) is 28.3 Å². The van der Waals surface area contributed by atoms with E-state index in [4.69, 9.17) is 11.5 Å². The lowest BCUT2D eigenvalue weighted by Crippen LogP contribution is -2.37. The zero-order valence-electron chi connectivity index (χ0n) is 21.9. The molecule has 1 amide bonds. The first kappa shape index (κ1) is 25.7. The number of rotatable bonds is 7. The van der Waals surface area contributed by atoms with Crippen LogP contribution in [-0.4, -0.2) is 29.9 Å². The molecule has 5 heteroatoms. The number of aliphatic imine (C=N–C) groups is 1. The molecule has 1 fully saturated rings. The third-order valence-corrected chi connectivity index (χ3v) is 7.40. The van der Waals surface area contributed by atoms with E-state index < -0.39 is 0 Å². The maximum Gasteiger partial charge on any atom is 0.254 e. The second-order valence-corrected chi connectivity index (χ2v) is 11.3. The van der Waals surface area contributed by atoms with Crippen molar-refractivity contribution < 1.29 is 4.79 Å². The highest BCUT2D eigenvalue weighted by Crippen LogP contribution is 2.31. The lowest BCUT2D eigenvalue weighted by molar-refractivity contribution is 0.0689. The standard InChI is InChI=1S/C31H40N4O/c1-31(2,3)26-16-14-22(15-17-26)20-35(21-24-9-6-8-23(18-24)19-34-30(32)33)29(36)28-13-7-11-25-10-4-5-12-27(25)28/h4-5,7,10-17,23-24H,6,8-9,18-21H2,1-3H3,(H4,32,33,34). The smallest absolute Gasteiger partial charge is 0.254 e. The van der Waals surface area contributed by atoms with Crippen LogP contribution in [0.1, 0.15) is 67.9 Å². The Morgan fingerprint density at radius 3 is 2.36 bits per heavy atom. The summed E-state index contributed by atoms with van der Waals surface area (Å²) in [5, 5.41) is 2.10. The number of guanidine groups is 1. The molecule has 2 unspecified atom stereocenters. The predicted octanol–water partition coefficient (Wildman–Crippen LogP) is 5.86. The highest BCUT2D eigenvalue weighted by Gasteiger charge is 2.27. The van der Waals surface area contributed by atoms with Crippen LogP contribution in [0, 0.1) is 11.8 Å². The second-order valence-electron chi connectivity index (χ2n) is 11.3. The van der Waals surface area contributed by atoms with E-state index in [1.165, 1.54) is 5.56 Å². The van der Waals surface area contributed by atoms with E-state index in [2.05, 4.69) is 67.1 Å². The molecule has 0 aromatic heterocycles. The molecule has 1 aliphatic rings. The third kappa shape index (κ3) is 6.45. The summed E-state index contributed by atoms with van der Waals surface area (Å²) in [6.45, 7) is 8.67. The molecule has 0 bridgehead atoms. The average Bonchev–Trinajstić information content (AvgIpc) is 2.86. The molecule has 2 atom stereocenters. The molecule has 4 rings (SSSR count). The van der Waals surface area contributed by atoms with Gasteiger partial charge in [-0.15, -0.1) is 0 Å². The van der Waals surface area contributed by atoms with Gasteiger partial charge in [-0.3, -0.25) is 9.79 Å². The van der Waals surface area contributed by atoms with E-state index in [-0.39, 0.29) is 17.3 Å². The van der Waals surface area contributed by atoms with Gasteiger partial charge in [-0.1, -0.05) is 87.9 Å². The Kier molecular flexibility index (Phi) is 7.97. The molecule has 36 heavy (non-hydrogen) atoms. The molecule has 1 aliphatic carbocycles. The molecule has 1 saturated carbocycles. The van der Waals surface area contributed by atoms with E-state index in [1.54, 1.807) is 0 Å². The van der Waals surface area contributed by atoms with Crippen molar-refractivity contribution in [1.29, 1.82) is 0 Å². The van der Waals surface area contributed by atoms with Gasteiger partial charge in [0.15, 0.2) is 5.96 Å². The Bertz CT molecular complexity index is 1200. The fourth-order valence-electron chi connectivity index (χ4n) is 5.41. The van der Waals surface area contributed by atoms with Crippen molar-refractivity contribution in [3.8, 4) is 0 Å². The number of carbonyl (C=O) groups excluding carboxylic acids is 1. The van der Waals surface area contributed by atoms with E-state index >= 15 is 0 Å². The number of benzene rings is 3. The summed E-state index contributed by atoms with van der Waals surface area (Å²) in [4.78, 5) is 20.4. The van der Waals surface area contributed by atoms with Crippen LogP contribution in [0.5, 0.6) is 0 Å². The van der Waals surface area contributed by atoms with Gasteiger partial charge in [-0.2, -0.15) is 0 Å². The largest absolute Gasteiger partial charge is 0.370 e. The first-order valence-corrected chi connectivity index (χ1v) is 13.1. The molecule has 5 nitrogen and oxygen atoms in total. The zero-order chi connectivity index (χ0) is 25.7. The van der Waals surface area contributed by atoms with Gasteiger partial charge in [0.2, 0.25) is 0 Å². The van der Waals surface area contributed by atoms with Crippen LogP contribution < -0.4 is 11.5 Å². The zero-order valence-corrected chi connectivity index (χ0v) is 21.9. The normalized spacial score (nSPS) is 18.1. The van der Waals surface area contributed by atoms with Crippen molar-refractivity contribution in [2.75, 3.05) is 13.1 Å². The van der Waals surface area contributed by atoms with Crippen molar-refractivity contribution >= 4 is 22.6 Å². The van der Waals surface area contributed by atoms with Gasteiger partial charge in [-0.25, -0.2) is 0 Å². The Balaban J connectivity index is 1.59. The Labute approximate surface area is 215 Å². The highest BCUT2D eigenvalue weighted by atomic mass is 16.2. The van der Waals surface area contributed by atoms with Gasteiger partial charge in [0.25, 0.3) is 5.91 Å². The van der Waals surface area contributed by atoms with Crippen LogP contribution in [0.25, 0.3) is 10.8 Å². The maximum atomic E-state index is 14.0. The van der Waals surface area contributed by atoms with Crippen molar-refractivity contribution in [3.05, 3.63) is 83.4 Å². The molecule has 190 valence electrons. The van der Waals surface area contributed by atoms with Crippen molar-refractivity contribution in [3.63, 3.8) is 0 Å². The number of amides is 1. The maximum absolute atomic E-state index is 14.0. The van der Waals surface area contributed by atoms with Crippen LogP contribution in [0.3, 0.4) is 0 Å². The summed E-state index contributed by atoms with van der Waals surface area (Å²) in [6, 6.07) is 22.9. The van der Waals surface area contributed by atoms with E-state index in [9.17, 15) is 4.79 Å². The predicted molar refractivity (Wildman–Crippen MR) is 150 cm³/mol. The minimum Gasteiger partial charge on any atom is -0.370 e. The second kappa shape index (κ2) is 11.2. The van der Waals surface area contributed by atoms with Crippen LogP contribution in [0.15, 0.2) is 71.7 Å². The Hall–Kier alpha value is -3.34. The highest BCUT2D eigenvalue weighted by molar-refractivity contribution is 6.07. The number of carbonyl (C=O) groups is 1. The van der Waals surface area contributed by atoms with Gasteiger partial charge >= 0.3 is 0 Å². The minimum atomic E-state index is 0.0954. The summed E-state index contributed by atoms with van der Waals surface area (Å²) in [6.07, 6.45) is 4.45. The van der Waals surface area contributed by atoms with Gasteiger partial charge in [0.05, 0.1) is 0 Å². The van der Waals surface area contributed by atoms with Gasteiger partial charge < -0.3 is 16.4 Å². The number of hydrogen-bond donors (Lipinski definition) is 2. The molecule has 0 saturated heterocycles. The number of nitrogens with zero attached hydrogens (tertiary/aromatic N) is 2. The average molecular weight is 485 g/mol. The van der Waals surface area contributed by atoms with Gasteiger partial charge in [0, 0.05) is 25.2 Å². The topological polar surface area (TPSA) is 84.7 Å². The van der Waals surface area contributed by atoms with Crippen LogP contribution in [-0.2, 0) is 12.0 Å². The SMILES string of the molecule is CC(C)(C)c1ccc(CN(CC2CCCC(CN=C(N)N)C2)C(=O)c2cccc3ccccc23)cc1. The monoisotopic (exact) mass is 484 g/mol. The number of fused-ring (bicyclic) bond motifs is 1. The van der Waals surface area contributed by atoms with Crippen molar-refractivity contribution in [1.82, 2.24) is 4.90 Å². The fraction of sp³-hybridized carbons (Fsp3) is 0.419. The summed E-state index contributed by atoms with van der Waals surface area (Å²) in [7, 11) is 0. The Morgan fingerprint density at radius 1 is 0.944 bits per heavy atom. The van der Waals surface area contributed by atoms with Crippen LogP contribution >= 0.6 is 0 Å². The molecule has 0 radical (unpaired) electrons. The van der Waals surface area contributed by atoms with Gasteiger partial charge in [0.1, 0.15) is 0 Å². The molecule has 0 spiro atoms. The third-order valence-electron chi connectivity index (χ3n) is 7.40. The fourth-order valence-corrected chi connectivity index (χ4v) is 5.41. The van der Waals surface area contributed by atoms with Crippen molar-refractivity contribution in [2.45, 2.75) is 58.4 Å². The first-order chi connectivity index (χ1) is 17.2. The molecule has 3 aromatic rings. The molecule has 0 heterocycles. The minimum absolute atomic E-state index is 0.0954. The number of nitrogens with two attached hydrogens (primary N) is 2. The van der Waals surface area contributed by atoms with E-state index in [1.807, 2.05) is 30.3 Å². The molecular weight excluding hydrogens is 444 g/mol. The summed E-state index contributed by atoms with van der Waals surface area (Å²) >= 11 is 0. The van der Waals surface area contributed by atoms with Crippen LogP contribution in [0.4, 0.5) is 0 Å². The van der Waals surface area contributed by atoms with E-state index in [0.29, 0.717) is 24.9 Å². The summed E-state index contributed by atoms with van der Waals surface area (Å²) < 4.78 is 0. The lowest BCUT2D eigenvalue weighted by Gasteiger charge is -2.33. The molecule has 4 N–H and O–H groups in total. The molecular formula is C31H40N4O. The Morgan fingerprint density at radius 2 is 1.64 bits per heavy atom. The molecule has 0 aliphatic heterocycles. The molecule has 3 aromatic carbocycles. The first-order valence-electron chi connectivity index (χ1n) is 13.1. The van der Waals surface area contributed by atoms with E-state index in [0.717, 1.165) is 54.1 Å². The summed E-state index contributed by atoms with van der Waals surface area (Å²) in [5.41, 5.74) is 14.5. The quantitative estimate of drug-likeness (QED) is 0.325. The number of hydrogen-bond acceptors (Lipinski definition) is 2. The van der Waals surface area contributed by atoms with Crippen LogP contribution in [0.2, 0.25) is 0 Å². The summed E-state index contributed by atoms with van der Waals surface area (Å²) in [5.74, 6) is 1.15.